The molecule has 3 aromatic rings. The zero-order valence-corrected chi connectivity index (χ0v) is 17.9. The number of hydrogen-bond acceptors (Lipinski definition) is 5. The Morgan fingerprint density at radius 2 is 1.90 bits per heavy atom. The van der Waals surface area contributed by atoms with Crippen LogP contribution >= 0.6 is 15.9 Å². The molecule has 7 heteroatoms. The fraction of sp³-hybridized carbons (Fsp3) is 0.227. The summed E-state index contributed by atoms with van der Waals surface area (Å²) in [6, 6.07) is 15.0. The second kappa shape index (κ2) is 10.1. The van der Waals surface area contributed by atoms with E-state index in [0.29, 0.717) is 24.6 Å². The van der Waals surface area contributed by atoms with Crippen molar-refractivity contribution < 1.29 is 18.7 Å². The molecule has 0 fully saturated rings. The molecule has 1 amide bonds. The number of carbonyl (C=O) groups excluding carboxylic acids is 1. The van der Waals surface area contributed by atoms with Crippen LogP contribution in [0.1, 0.15) is 16.9 Å². The lowest BCUT2D eigenvalue weighted by Crippen LogP contribution is -2.21. The molecule has 0 saturated carbocycles. The zero-order chi connectivity index (χ0) is 20.6. The predicted molar refractivity (Wildman–Crippen MR) is 115 cm³/mol. The van der Waals surface area contributed by atoms with E-state index in [9.17, 15) is 4.79 Å². The molecule has 1 heterocycles. The molecule has 1 aromatic heterocycles. The van der Waals surface area contributed by atoms with Crippen molar-refractivity contribution in [3.8, 4) is 11.5 Å². The summed E-state index contributed by atoms with van der Waals surface area (Å²) in [6.45, 7) is 2.94. The monoisotopic (exact) mass is 458 g/mol. The van der Waals surface area contributed by atoms with Crippen LogP contribution in [-0.2, 0) is 17.9 Å². The standard InChI is InChI=1S/C22H23BrN2O4/c1-15-5-7-16(8-6-15)25-21(26)14-29-22-18(19(23)9-10-20(22)27-2)13-24-12-17-4-3-11-28-17/h3-11,24H,12-14H2,1-2H3,(H,25,26). The van der Waals surface area contributed by atoms with Crippen LogP contribution < -0.4 is 20.1 Å². The molecule has 0 aliphatic carbocycles. The minimum atomic E-state index is -0.245. The molecular formula is C22H23BrN2O4. The molecule has 0 bridgehead atoms. The normalized spacial score (nSPS) is 10.6. The van der Waals surface area contributed by atoms with Gasteiger partial charge in [0.25, 0.3) is 5.91 Å². The number of hydrogen-bond donors (Lipinski definition) is 2. The van der Waals surface area contributed by atoms with Gasteiger partial charge in [-0.15, -0.1) is 0 Å². The maximum absolute atomic E-state index is 12.3. The Kier molecular flexibility index (Phi) is 7.32. The summed E-state index contributed by atoms with van der Waals surface area (Å²) in [7, 11) is 1.57. The smallest absolute Gasteiger partial charge is 0.262 e. The van der Waals surface area contributed by atoms with Gasteiger partial charge in [-0.05, 0) is 43.3 Å². The molecule has 6 nitrogen and oxygen atoms in total. The summed E-state index contributed by atoms with van der Waals surface area (Å²) < 4.78 is 17.5. The number of rotatable bonds is 9. The molecule has 0 aliphatic rings. The van der Waals surface area contributed by atoms with Crippen molar-refractivity contribution in [2.24, 2.45) is 0 Å². The Morgan fingerprint density at radius 3 is 2.59 bits per heavy atom. The molecule has 3 rings (SSSR count). The van der Waals surface area contributed by atoms with Crippen LogP contribution in [0.4, 0.5) is 5.69 Å². The zero-order valence-electron chi connectivity index (χ0n) is 16.3. The minimum absolute atomic E-state index is 0.133. The van der Waals surface area contributed by atoms with Crippen molar-refractivity contribution in [1.29, 1.82) is 0 Å². The average Bonchev–Trinajstić information content (AvgIpc) is 3.23. The average molecular weight is 459 g/mol. The van der Waals surface area contributed by atoms with E-state index in [1.807, 2.05) is 49.4 Å². The highest BCUT2D eigenvalue weighted by Gasteiger charge is 2.16. The first-order chi connectivity index (χ1) is 14.1. The molecular weight excluding hydrogens is 436 g/mol. The lowest BCUT2D eigenvalue weighted by atomic mass is 10.1. The molecule has 0 aliphatic heterocycles. The van der Waals surface area contributed by atoms with Crippen molar-refractivity contribution in [2.45, 2.75) is 20.0 Å². The Balaban J connectivity index is 1.66. The van der Waals surface area contributed by atoms with Crippen molar-refractivity contribution in [3.05, 3.63) is 76.2 Å². The van der Waals surface area contributed by atoms with Crippen molar-refractivity contribution in [1.82, 2.24) is 5.32 Å². The third-order valence-corrected chi connectivity index (χ3v) is 4.99. The van der Waals surface area contributed by atoms with E-state index in [2.05, 4.69) is 26.6 Å². The highest BCUT2D eigenvalue weighted by atomic mass is 79.9. The molecule has 0 radical (unpaired) electrons. The number of methoxy groups -OCH3 is 1. The van der Waals surface area contributed by atoms with E-state index in [0.717, 1.165) is 27.0 Å². The van der Waals surface area contributed by atoms with E-state index in [1.54, 1.807) is 19.4 Å². The quantitative estimate of drug-likeness (QED) is 0.487. The van der Waals surface area contributed by atoms with Gasteiger partial charge in [0.1, 0.15) is 5.76 Å². The van der Waals surface area contributed by atoms with Gasteiger partial charge in [0.05, 0.1) is 19.9 Å². The summed E-state index contributed by atoms with van der Waals surface area (Å²) in [6.07, 6.45) is 1.64. The third-order valence-electron chi connectivity index (χ3n) is 4.25. The molecule has 2 N–H and O–H groups in total. The number of nitrogens with one attached hydrogen (secondary N) is 2. The van der Waals surface area contributed by atoms with E-state index in [-0.39, 0.29) is 12.5 Å². The van der Waals surface area contributed by atoms with Gasteiger partial charge >= 0.3 is 0 Å². The van der Waals surface area contributed by atoms with E-state index < -0.39 is 0 Å². The highest BCUT2D eigenvalue weighted by molar-refractivity contribution is 9.10. The van der Waals surface area contributed by atoms with E-state index in [4.69, 9.17) is 13.9 Å². The molecule has 0 spiro atoms. The van der Waals surface area contributed by atoms with Gasteiger partial charge < -0.3 is 24.5 Å². The van der Waals surface area contributed by atoms with Crippen LogP contribution in [0.15, 0.2) is 63.7 Å². The van der Waals surface area contributed by atoms with Crippen LogP contribution in [0, 0.1) is 6.92 Å². The van der Waals surface area contributed by atoms with Gasteiger partial charge in [-0.1, -0.05) is 33.6 Å². The lowest BCUT2D eigenvalue weighted by Gasteiger charge is -2.17. The summed E-state index contributed by atoms with van der Waals surface area (Å²) in [5.74, 6) is 1.67. The minimum Gasteiger partial charge on any atom is -0.493 e. The Morgan fingerprint density at radius 1 is 1.10 bits per heavy atom. The molecule has 152 valence electrons. The fourth-order valence-electron chi connectivity index (χ4n) is 2.76. The van der Waals surface area contributed by atoms with E-state index in [1.165, 1.54) is 0 Å². The van der Waals surface area contributed by atoms with Gasteiger partial charge in [-0.2, -0.15) is 0 Å². The fourth-order valence-corrected chi connectivity index (χ4v) is 3.21. The first-order valence-electron chi connectivity index (χ1n) is 9.14. The van der Waals surface area contributed by atoms with Crippen molar-refractivity contribution in [2.75, 3.05) is 19.0 Å². The van der Waals surface area contributed by atoms with Crippen LogP contribution in [0.3, 0.4) is 0 Å². The number of carbonyl (C=O) groups is 1. The van der Waals surface area contributed by atoms with Gasteiger partial charge in [-0.25, -0.2) is 0 Å². The van der Waals surface area contributed by atoms with Crippen LogP contribution in [0.25, 0.3) is 0 Å². The SMILES string of the molecule is COc1ccc(Br)c(CNCc2ccco2)c1OCC(=O)Nc1ccc(C)cc1. The highest BCUT2D eigenvalue weighted by Crippen LogP contribution is 2.36. The summed E-state index contributed by atoms with van der Waals surface area (Å²) in [5.41, 5.74) is 2.72. The van der Waals surface area contributed by atoms with E-state index >= 15 is 0 Å². The molecule has 0 atom stereocenters. The van der Waals surface area contributed by atoms with Gasteiger partial charge in [0, 0.05) is 22.3 Å². The Bertz CT molecular complexity index is 940. The number of aryl methyl sites for hydroxylation is 1. The number of halogens is 1. The Labute approximate surface area is 178 Å². The second-order valence-corrected chi connectivity index (χ2v) is 7.30. The van der Waals surface area contributed by atoms with Crippen LogP contribution in [-0.4, -0.2) is 19.6 Å². The maximum atomic E-state index is 12.3. The lowest BCUT2D eigenvalue weighted by molar-refractivity contribution is -0.118. The molecule has 0 saturated heterocycles. The first-order valence-corrected chi connectivity index (χ1v) is 9.94. The summed E-state index contributed by atoms with van der Waals surface area (Å²) in [5, 5.41) is 6.14. The number of anilines is 1. The predicted octanol–water partition coefficient (Wildman–Crippen LogP) is 4.67. The van der Waals surface area contributed by atoms with Gasteiger partial charge in [0.2, 0.25) is 0 Å². The molecule has 2 aromatic carbocycles. The maximum Gasteiger partial charge on any atom is 0.262 e. The number of amides is 1. The number of furan rings is 1. The molecule has 0 unspecified atom stereocenters. The second-order valence-electron chi connectivity index (χ2n) is 6.44. The largest absolute Gasteiger partial charge is 0.493 e. The van der Waals surface area contributed by atoms with Crippen molar-refractivity contribution in [3.63, 3.8) is 0 Å². The van der Waals surface area contributed by atoms with Crippen LogP contribution in [0.2, 0.25) is 0 Å². The van der Waals surface area contributed by atoms with Gasteiger partial charge in [0.15, 0.2) is 18.1 Å². The van der Waals surface area contributed by atoms with Crippen LogP contribution in [0.5, 0.6) is 11.5 Å². The molecule has 29 heavy (non-hydrogen) atoms. The third kappa shape index (κ3) is 5.85. The summed E-state index contributed by atoms with van der Waals surface area (Å²) >= 11 is 3.56. The first kappa shape index (κ1) is 21.0. The number of ether oxygens (including phenoxy) is 2. The Hall–Kier alpha value is -2.77. The van der Waals surface area contributed by atoms with Gasteiger partial charge in [-0.3, -0.25) is 4.79 Å². The topological polar surface area (TPSA) is 72.7 Å². The summed E-state index contributed by atoms with van der Waals surface area (Å²) in [4.78, 5) is 12.3. The van der Waals surface area contributed by atoms with Crippen molar-refractivity contribution >= 4 is 27.5 Å². The number of benzene rings is 2.